The summed E-state index contributed by atoms with van der Waals surface area (Å²) >= 11 is 0. The second kappa shape index (κ2) is 18.8. The minimum Gasteiger partial charge on any atom is -0.489 e. The maximum atomic E-state index is 13.4. The van der Waals surface area contributed by atoms with Crippen molar-refractivity contribution in [2.24, 2.45) is 11.8 Å². The van der Waals surface area contributed by atoms with E-state index in [9.17, 15) is 9.59 Å². The van der Waals surface area contributed by atoms with Gasteiger partial charge in [0.05, 0.1) is 5.69 Å². The molecule has 2 aromatic rings. The predicted molar refractivity (Wildman–Crippen MR) is 161 cm³/mol. The van der Waals surface area contributed by atoms with Crippen LogP contribution in [-0.2, 0) is 81.4 Å². The van der Waals surface area contributed by atoms with E-state index in [0.717, 1.165) is 69.4 Å². The maximum absolute atomic E-state index is 13.4. The summed E-state index contributed by atoms with van der Waals surface area (Å²) in [5.41, 5.74) is 4.47. The summed E-state index contributed by atoms with van der Waals surface area (Å²) in [6, 6.07) is 14.1. The zero-order valence-electron chi connectivity index (χ0n) is 25.7. The van der Waals surface area contributed by atoms with Crippen LogP contribution in [0.5, 0.6) is 5.75 Å². The number of likely N-dealkylation sites (N-methyl/N-ethyl adjacent to an activating group) is 1. The number of aryl methyl sites for hydroxylation is 1. The summed E-state index contributed by atoms with van der Waals surface area (Å²) in [5, 5.41) is 3.04. The largest absolute Gasteiger partial charge is 0.489 e. The molecule has 5 rings (SSSR count). The number of amides is 2. The average molecular weight is 712 g/mol. The van der Waals surface area contributed by atoms with Crippen molar-refractivity contribution in [1.29, 1.82) is 0 Å². The van der Waals surface area contributed by atoms with E-state index < -0.39 is 6.04 Å². The van der Waals surface area contributed by atoms with Crippen LogP contribution in [0, 0.1) is 32.6 Å². The number of carbonyl (C=O) groups excluding carboxylic acids is 2. The second-order valence-electron chi connectivity index (χ2n) is 10.7. The quantitative estimate of drug-likeness (QED) is 0.378. The molecule has 8 heteroatoms. The molecule has 3 unspecified atom stereocenters. The molecule has 2 fully saturated rings. The van der Waals surface area contributed by atoms with E-state index in [4.69, 9.17) is 4.74 Å². The number of ether oxygens (including phenoxy) is 1. The maximum Gasteiger partial charge on any atom is 0.252 e. The van der Waals surface area contributed by atoms with Gasteiger partial charge in [0.25, 0.3) is 5.91 Å². The van der Waals surface area contributed by atoms with Gasteiger partial charge in [-0.1, -0.05) is 56.5 Å². The van der Waals surface area contributed by atoms with Crippen LogP contribution in [0.2, 0.25) is 0 Å². The third kappa shape index (κ3) is 10.1. The van der Waals surface area contributed by atoms with Crippen LogP contribution >= 0.6 is 0 Å². The van der Waals surface area contributed by atoms with Gasteiger partial charge in [-0.05, 0) is 69.0 Å². The van der Waals surface area contributed by atoms with E-state index >= 15 is 0 Å². The summed E-state index contributed by atoms with van der Waals surface area (Å²) in [6.45, 7) is 8.23. The predicted octanol–water partition coefficient (Wildman–Crippen LogP) is 6.16. The van der Waals surface area contributed by atoms with Gasteiger partial charge in [0.1, 0.15) is 18.4 Å². The third-order valence-corrected chi connectivity index (χ3v) is 8.02. The molecule has 41 heavy (non-hydrogen) atoms. The number of benzene rings is 2. The molecule has 1 saturated carbocycles. The van der Waals surface area contributed by atoms with Crippen molar-refractivity contribution in [2.45, 2.75) is 71.8 Å². The van der Waals surface area contributed by atoms with Crippen LogP contribution in [0.3, 0.4) is 0 Å². The Morgan fingerprint density at radius 1 is 1.05 bits per heavy atom. The minimum atomic E-state index is -0.680. The van der Waals surface area contributed by atoms with E-state index in [1.807, 2.05) is 26.0 Å². The first-order valence-corrected chi connectivity index (χ1v) is 14.4. The standard InChI is InChI=1S/C30H38N3O3.C2H6.CH3.2Y/c1-21-9-11-22(12-10-21)17-23-7-6-8-24(18-23)29(34)31-26-20-36-28-14-13-25(33-15-4-3-5-16-33)19-27(28)32(2)30(26)35;1-2;;;/h3,9-14,19,23-24,26H,4-8,15-18,20H2,1-2H3,(H,31,34);1-2H3;1H3;;/q-1;;-1;;. The molecule has 2 heterocycles. The van der Waals surface area contributed by atoms with Crippen LogP contribution in [0.25, 0.3) is 0 Å². The van der Waals surface area contributed by atoms with E-state index in [2.05, 4.69) is 53.9 Å². The van der Waals surface area contributed by atoms with E-state index in [-0.39, 0.29) is 97.2 Å². The summed E-state index contributed by atoms with van der Waals surface area (Å²) in [6.07, 6.45) is 9.42. The SMILES string of the molecule is CC.Cc1ccc(CC2CCCC(C(=O)NC3COc4ccc(N5CC[CH-]CC5)cc4N(C)C3=O)C2)cc1.[CH3-].[Y].[Y]. The van der Waals surface area contributed by atoms with Crippen molar-refractivity contribution in [1.82, 2.24) is 5.32 Å². The smallest absolute Gasteiger partial charge is 0.252 e. The summed E-state index contributed by atoms with van der Waals surface area (Å²) in [7, 11) is 1.78. The number of nitrogens with zero attached hydrogens (tertiary/aromatic N) is 2. The number of piperidine rings is 1. The fraction of sp³-hybridized carbons (Fsp3) is 0.515. The van der Waals surface area contributed by atoms with E-state index in [0.29, 0.717) is 11.7 Å². The number of anilines is 2. The fourth-order valence-corrected chi connectivity index (χ4v) is 5.86. The zero-order chi connectivity index (χ0) is 27.1. The van der Waals surface area contributed by atoms with Gasteiger partial charge in [0.2, 0.25) is 5.91 Å². The van der Waals surface area contributed by atoms with E-state index in [1.54, 1.807) is 11.9 Å². The van der Waals surface area contributed by atoms with Gasteiger partial charge in [0.15, 0.2) is 0 Å². The molecule has 0 bridgehead atoms. The summed E-state index contributed by atoms with van der Waals surface area (Å²) in [4.78, 5) is 30.6. The third-order valence-electron chi connectivity index (χ3n) is 8.02. The van der Waals surface area contributed by atoms with Gasteiger partial charge in [-0.15, -0.1) is 0 Å². The summed E-state index contributed by atoms with van der Waals surface area (Å²) < 4.78 is 6.04. The molecule has 2 aromatic carbocycles. The average Bonchev–Trinajstić information content (AvgIpc) is 3.08. The molecule has 2 aliphatic heterocycles. The normalized spacial score (nSPS) is 21.7. The minimum absolute atomic E-state index is 0. The molecule has 220 valence electrons. The topological polar surface area (TPSA) is 61.9 Å². The Morgan fingerprint density at radius 3 is 2.41 bits per heavy atom. The summed E-state index contributed by atoms with van der Waals surface area (Å²) in [5.74, 6) is 0.982. The van der Waals surface area contributed by atoms with Crippen LogP contribution in [0.15, 0.2) is 42.5 Å². The van der Waals surface area contributed by atoms with Crippen LogP contribution in [-0.4, -0.2) is 44.6 Å². The van der Waals surface area contributed by atoms with Crippen LogP contribution < -0.4 is 19.9 Å². The number of hydrogen-bond acceptors (Lipinski definition) is 4. The Balaban J connectivity index is 0.00000165. The number of fused-ring (bicyclic) bond motifs is 1. The molecule has 0 aromatic heterocycles. The second-order valence-corrected chi connectivity index (χ2v) is 10.7. The molecule has 1 aliphatic carbocycles. The molecule has 3 aliphatic rings. The molecule has 3 atom stereocenters. The van der Waals surface area contributed by atoms with Gasteiger partial charge in [0, 0.05) is 84.1 Å². The van der Waals surface area contributed by atoms with Crippen molar-refractivity contribution in [2.75, 3.05) is 36.5 Å². The molecular formula is C33H47N3O3Y2-2. The van der Waals surface area contributed by atoms with Crippen LogP contribution in [0.4, 0.5) is 11.4 Å². The fourth-order valence-electron chi connectivity index (χ4n) is 5.86. The molecule has 1 N–H and O–H groups in total. The first-order valence-electron chi connectivity index (χ1n) is 14.4. The Hall–Kier alpha value is -0.812. The number of carbonyl (C=O) groups is 2. The Labute approximate surface area is 298 Å². The van der Waals surface area contributed by atoms with Gasteiger partial charge in [-0.3, -0.25) is 9.59 Å². The van der Waals surface area contributed by atoms with Gasteiger partial charge in [-0.2, -0.15) is 12.8 Å². The molecule has 2 amide bonds. The van der Waals surface area contributed by atoms with Crippen molar-refractivity contribution in [3.8, 4) is 5.75 Å². The Kier molecular flexibility index (Phi) is 17.5. The first kappa shape index (κ1) is 38.2. The van der Waals surface area contributed by atoms with Crippen molar-refractivity contribution in [3.05, 3.63) is 67.4 Å². The van der Waals surface area contributed by atoms with Crippen molar-refractivity contribution < 1.29 is 79.7 Å². The monoisotopic (exact) mass is 711 g/mol. The van der Waals surface area contributed by atoms with Gasteiger partial charge < -0.3 is 33.7 Å². The number of rotatable bonds is 5. The molecule has 1 saturated heterocycles. The molecular weight excluding hydrogens is 664 g/mol. The van der Waals surface area contributed by atoms with Gasteiger partial charge in [-0.25, -0.2) is 0 Å². The Bertz CT molecular complexity index is 1090. The first-order chi connectivity index (χ1) is 18.5. The molecule has 2 radical (unpaired) electrons. The van der Waals surface area contributed by atoms with E-state index in [1.165, 1.54) is 11.1 Å². The van der Waals surface area contributed by atoms with Crippen molar-refractivity contribution >= 4 is 23.2 Å². The number of nitrogens with one attached hydrogen (secondary N) is 1. The molecule has 0 spiro atoms. The zero-order valence-corrected chi connectivity index (χ0v) is 31.4. The van der Waals surface area contributed by atoms with Crippen molar-refractivity contribution in [3.63, 3.8) is 0 Å². The van der Waals surface area contributed by atoms with Crippen LogP contribution in [0.1, 0.15) is 63.5 Å². The van der Waals surface area contributed by atoms with Gasteiger partial charge >= 0.3 is 0 Å². The molecule has 6 nitrogen and oxygen atoms in total. The Morgan fingerprint density at radius 2 is 1.73 bits per heavy atom. The number of hydrogen-bond donors (Lipinski definition) is 1.